The second-order valence-corrected chi connectivity index (χ2v) is 5.51. The van der Waals surface area contributed by atoms with Crippen molar-refractivity contribution in [3.8, 4) is 0 Å². The van der Waals surface area contributed by atoms with Gasteiger partial charge in [0, 0.05) is 31.6 Å². The van der Waals surface area contributed by atoms with Gasteiger partial charge in [-0.25, -0.2) is 0 Å². The third-order valence-corrected chi connectivity index (χ3v) is 4.25. The van der Waals surface area contributed by atoms with Gasteiger partial charge in [0.25, 0.3) is 5.91 Å². The third-order valence-electron chi connectivity index (χ3n) is 3.15. The Morgan fingerprint density at radius 1 is 1.40 bits per heavy atom. The lowest BCUT2D eigenvalue weighted by Gasteiger charge is -2.12. The molecule has 1 unspecified atom stereocenters. The van der Waals surface area contributed by atoms with Gasteiger partial charge in [-0.15, -0.1) is 10.2 Å². The van der Waals surface area contributed by atoms with Crippen LogP contribution < -0.4 is 4.90 Å². The minimum Gasteiger partial charge on any atom is -0.371 e. The number of pyridine rings is 1. The predicted octanol–water partition coefficient (Wildman–Crippen LogP) is 2.06. The largest absolute Gasteiger partial charge is 0.371 e. The van der Waals surface area contributed by atoms with Gasteiger partial charge in [-0.1, -0.05) is 11.3 Å². The van der Waals surface area contributed by atoms with Gasteiger partial charge in [0.1, 0.15) is 11.1 Å². The van der Waals surface area contributed by atoms with Crippen molar-refractivity contribution < 1.29 is 9.53 Å². The summed E-state index contributed by atoms with van der Waals surface area (Å²) in [6.45, 7) is 0.769. The van der Waals surface area contributed by atoms with Crippen LogP contribution in [0.4, 0.5) is 5.13 Å². The van der Waals surface area contributed by atoms with E-state index >= 15 is 0 Å². The molecule has 0 aliphatic carbocycles. The normalized spacial score (nSPS) is 18.1. The van der Waals surface area contributed by atoms with E-state index in [1.807, 2.05) is 0 Å². The van der Waals surface area contributed by atoms with E-state index in [0.29, 0.717) is 10.7 Å². The molecule has 1 saturated heterocycles. The maximum absolute atomic E-state index is 12.3. The number of hydrogen-bond donors (Lipinski definition) is 0. The summed E-state index contributed by atoms with van der Waals surface area (Å²) in [5.41, 5.74) is 0.580. The number of carbonyl (C=O) groups is 1. The summed E-state index contributed by atoms with van der Waals surface area (Å²) in [6.07, 6.45) is 5.24. The van der Waals surface area contributed by atoms with Gasteiger partial charge in [-0.2, -0.15) is 0 Å². The van der Waals surface area contributed by atoms with E-state index in [-0.39, 0.29) is 12.0 Å². The SMILES string of the molecule is CN(C(=O)c1ccncc1)c1nnc(C2CCCO2)s1. The topological polar surface area (TPSA) is 68.2 Å². The molecule has 1 fully saturated rings. The van der Waals surface area contributed by atoms with Crippen molar-refractivity contribution in [1.29, 1.82) is 0 Å². The zero-order valence-electron chi connectivity index (χ0n) is 11.0. The molecule has 1 atom stereocenters. The van der Waals surface area contributed by atoms with Crippen LogP contribution in [0.3, 0.4) is 0 Å². The molecule has 0 spiro atoms. The molecule has 0 bridgehead atoms. The van der Waals surface area contributed by atoms with Gasteiger partial charge in [0.2, 0.25) is 5.13 Å². The molecule has 0 saturated carbocycles. The maximum Gasteiger partial charge on any atom is 0.259 e. The fourth-order valence-electron chi connectivity index (χ4n) is 2.04. The first-order chi connectivity index (χ1) is 9.75. The van der Waals surface area contributed by atoms with Crippen LogP contribution >= 0.6 is 11.3 Å². The molecular weight excluding hydrogens is 276 g/mol. The Hall–Kier alpha value is -1.86. The molecule has 0 radical (unpaired) electrons. The Labute approximate surface area is 120 Å². The molecule has 6 nitrogen and oxygen atoms in total. The number of carbonyl (C=O) groups excluding carboxylic acids is 1. The predicted molar refractivity (Wildman–Crippen MR) is 74.8 cm³/mol. The molecule has 0 aromatic carbocycles. The fourth-order valence-corrected chi connectivity index (χ4v) is 2.93. The zero-order chi connectivity index (χ0) is 13.9. The number of rotatable bonds is 3. The van der Waals surface area contributed by atoms with Crippen LogP contribution in [0.25, 0.3) is 0 Å². The van der Waals surface area contributed by atoms with Crippen molar-refractivity contribution in [2.75, 3.05) is 18.6 Å². The quantitative estimate of drug-likeness (QED) is 0.865. The van der Waals surface area contributed by atoms with Crippen molar-refractivity contribution in [2.24, 2.45) is 0 Å². The molecule has 3 rings (SSSR count). The van der Waals surface area contributed by atoms with Gasteiger partial charge >= 0.3 is 0 Å². The fraction of sp³-hybridized carbons (Fsp3) is 0.385. The maximum atomic E-state index is 12.3. The van der Waals surface area contributed by atoms with E-state index in [0.717, 1.165) is 24.5 Å². The van der Waals surface area contributed by atoms with Gasteiger partial charge in [-0.3, -0.25) is 14.7 Å². The monoisotopic (exact) mass is 290 g/mol. The summed E-state index contributed by atoms with van der Waals surface area (Å²) < 4.78 is 5.57. The van der Waals surface area contributed by atoms with Crippen molar-refractivity contribution in [1.82, 2.24) is 15.2 Å². The summed E-state index contributed by atoms with van der Waals surface area (Å²) in [4.78, 5) is 17.7. The molecule has 2 aromatic rings. The summed E-state index contributed by atoms with van der Waals surface area (Å²) in [6, 6.07) is 3.36. The lowest BCUT2D eigenvalue weighted by atomic mass is 10.2. The van der Waals surface area contributed by atoms with E-state index in [4.69, 9.17) is 4.74 Å². The summed E-state index contributed by atoms with van der Waals surface area (Å²) >= 11 is 1.40. The molecule has 20 heavy (non-hydrogen) atoms. The van der Waals surface area contributed by atoms with Crippen molar-refractivity contribution in [3.63, 3.8) is 0 Å². The second kappa shape index (κ2) is 5.64. The van der Waals surface area contributed by atoms with Crippen LogP contribution in [-0.2, 0) is 4.74 Å². The number of nitrogens with zero attached hydrogens (tertiary/aromatic N) is 4. The Bertz CT molecular complexity index is 595. The smallest absolute Gasteiger partial charge is 0.259 e. The lowest BCUT2D eigenvalue weighted by molar-refractivity contribution is 0.0992. The first kappa shape index (κ1) is 13.1. The Kier molecular flexibility index (Phi) is 3.70. The van der Waals surface area contributed by atoms with Gasteiger partial charge < -0.3 is 4.74 Å². The highest BCUT2D eigenvalue weighted by Gasteiger charge is 2.24. The minimum atomic E-state index is -0.123. The van der Waals surface area contributed by atoms with Crippen LogP contribution in [0.5, 0.6) is 0 Å². The molecule has 1 amide bonds. The van der Waals surface area contributed by atoms with E-state index < -0.39 is 0 Å². The van der Waals surface area contributed by atoms with Crippen molar-refractivity contribution in [2.45, 2.75) is 18.9 Å². The molecule has 7 heteroatoms. The number of ether oxygens (including phenoxy) is 1. The van der Waals surface area contributed by atoms with E-state index in [2.05, 4.69) is 15.2 Å². The first-order valence-corrected chi connectivity index (χ1v) is 7.20. The summed E-state index contributed by atoms with van der Waals surface area (Å²) in [5, 5.41) is 9.64. The average molecular weight is 290 g/mol. The molecule has 0 N–H and O–H groups in total. The number of aromatic nitrogens is 3. The zero-order valence-corrected chi connectivity index (χ0v) is 11.8. The van der Waals surface area contributed by atoms with E-state index in [1.165, 1.54) is 16.2 Å². The standard InChI is InChI=1S/C13H14N4O2S/c1-17(12(18)9-4-6-14-7-5-9)13-16-15-11(20-13)10-3-2-8-19-10/h4-7,10H,2-3,8H2,1H3. The highest BCUT2D eigenvalue weighted by atomic mass is 32.1. The number of anilines is 1. The highest BCUT2D eigenvalue weighted by Crippen LogP contribution is 2.33. The average Bonchev–Trinajstić information content (AvgIpc) is 3.17. The van der Waals surface area contributed by atoms with Crippen molar-refractivity contribution >= 4 is 22.4 Å². The van der Waals surface area contributed by atoms with Crippen molar-refractivity contribution in [3.05, 3.63) is 35.1 Å². The van der Waals surface area contributed by atoms with Gasteiger partial charge in [0.15, 0.2) is 0 Å². The van der Waals surface area contributed by atoms with Crippen LogP contribution in [0.15, 0.2) is 24.5 Å². The second-order valence-electron chi connectivity index (χ2n) is 4.52. The number of amides is 1. The molecular formula is C13H14N4O2S. The van der Waals surface area contributed by atoms with E-state index in [1.54, 1.807) is 31.6 Å². The van der Waals surface area contributed by atoms with Gasteiger partial charge in [-0.05, 0) is 25.0 Å². The van der Waals surface area contributed by atoms with E-state index in [9.17, 15) is 4.79 Å². The molecule has 1 aliphatic heterocycles. The number of hydrogen-bond acceptors (Lipinski definition) is 6. The third kappa shape index (κ3) is 2.54. The van der Waals surface area contributed by atoms with Crippen LogP contribution in [0.1, 0.15) is 34.3 Å². The minimum absolute atomic E-state index is 0.0330. The Balaban J connectivity index is 1.77. The Morgan fingerprint density at radius 2 is 2.20 bits per heavy atom. The highest BCUT2D eigenvalue weighted by molar-refractivity contribution is 7.15. The molecule has 104 valence electrons. The van der Waals surface area contributed by atoms with Crippen LogP contribution in [0.2, 0.25) is 0 Å². The Morgan fingerprint density at radius 3 is 2.90 bits per heavy atom. The molecule has 1 aliphatic rings. The van der Waals surface area contributed by atoms with Crippen LogP contribution in [-0.4, -0.2) is 34.7 Å². The summed E-state index contributed by atoms with van der Waals surface area (Å²) in [5.74, 6) is -0.123. The molecule has 2 aromatic heterocycles. The lowest BCUT2D eigenvalue weighted by Crippen LogP contribution is -2.26. The first-order valence-electron chi connectivity index (χ1n) is 6.39. The van der Waals surface area contributed by atoms with Crippen LogP contribution in [0, 0.1) is 0 Å². The molecule has 3 heterocycles. The summed E-state index contributed by atoms with van der Waals surface area (Å²) in [7, 11) is 1.70. The van der Waals surface area contributed by atoms with Gasteiger partial charge in [0.05, 0.1) is 0 Å².